The van der Waals surface area contributed by atoms with Crippen LogP contribution in [0, 0.1) is 11.3 Å². The highest BCUT2D eigenvalue weighted by molar-refractivity contribution is 7.26. The summed E-state index contributed by atoms with van der Waals surface area (Å²) < 4.78 is 5.06. The first kappa shape index (κ1) is 22.7. The minimum Gasteiger partial charge on any atom is -0.309 e. The van der Waals surface area contributed by atoms with E-state index in [9.17, 15) is 0 Å². The molecule has 0 aliphatic rings. The minimum atomic E-state index is 0.423. The van der Waals surface area contributed by atoms with Crippen molar-refractivity contribution in [3.8, 4) is 34.0 Å². The molecule has 0 bridgehead atoms. The molecular formula is C36H21N3S. The maximum absolute atomic E-state index is 9.10. The van der Waals surface area contributed by atoms with Gasteiger partial charge in [0.15, 0.2) is 0 Å². The summed E-state index contributed by atoms with van der Waals surface area (Å²) in [4.78, 5) is 4.25. The fourth-order valence-electron chi connectivity index (χ4n) is 5.85. The van der Waals surface area contributed by atoms with Crippen molar-refractivity contribution in [2.24, 2.45) is 0 Å². The van der Waals surface area contributed by atoms with Crippen molar-refractivity contribution in [1.29, 1.82) is 5.26 Å². The molecule has 0 N–H and O–H groups in total. The van der Waals surface area contributed by atoms with Crippen LogP contribution in [0.25, 0.3) is 69.9 Å². The van der Waals surface area contributed by atoms with Crippen LogP contribution in [-0.4, -0.2) is 9.55 Å². The van der Waals surface area contributed by atoms with E-state index in [0.29, 0.717) is 5.69 Å². The van der Waals surface area contributed by atoms with Crippen molar-refractivity contribution in [2.45, 2.75) is 0 Å². The number of hydrogen-bond donors (Lipinski definition) is 0. The maximum Gasteiger partial charge on any atom is 0.140 e. The SMILES string of the molecule is N#Cc1ccc(-c2cccc(-c3cccc(-n4c5ccccc5c5c6sc7ccccc7c6ccc54)c3)c2)cn1. The predicted octanol–water partition coefficient (Wildman–Crippen LogP) is 9.75. The Morgan fingerprint density at radius 2 is 1.35 bits per heavy atom. The molecule has 8 rings (SSSR count). The third kappa shape index (κ3) is 3.46. The Morgan fingerprint density at radius 1 is 0.600 bits per heavy atom. The standard InChI is InChI=1S/C36H21N3S/c37-21-27-16-15-26(22-38-27)24-8-5-7-23(19-24)25-9-6-10-28(20-25)39-32-13-3-1-12-31(32)35-33(39)18-17-30-29-11-2-4-14-34(29)40-36(30)35/h1-20,22H. The second-order valence-electron chi connectivity index (χ2n) is 9.96. The lowest BCUT2D eigenvalue weighted by atomic mass is 9.99. The number of para-hydroxylation sites is 1. The third-order valence-corrected chi connectivity index (χ3v) is 8.90. The summed E-state index contributed by atoms with van der Waals surface area (Å²) in [5.41, 5.74) is 8.33. The summed E-state index contributed by atoms with van der Waals surface area (Å²) in [5.74, 6) is 0. The van der Waals surface area contributed by atoms with E-state index in [1.54, 1.807) is 12.3 Å². The van der Waals surface area contributed by atoms with Crippen molar-refractivity contribution in [3.05, 3.63) is 133 Å². The van der Waals surface area contributed by atoms with Gasteiger partial charge in [0.1, 0.15) is 11.8 Å². The first-order chi connectivity index (χ1) is 19.8. The van der Waals surface area contributed by atoms with Crippen molar-refractivity contribution in [1.82, 2.24) is 9.55 Å². The van der Waals surface area contributed by atoms with E-state index in [4.69, 9.17) is 5.26 Å². The first-order valence-electron chi connectivity index (χ1n) is 13.2. The van der Waals surface area contributed by atoms with Crippen LogP contribution < -0.4 is 0 Å². The lowest BCUT2D eigenvalue weighted by Gasteiger charge is -2.11. The topological polar surface area (TPSA) is 41.6 Å². The molecule has 0 saturated carbocycles. The molecule has 3 heterocycles. The number of hydrogen-bond acceptors (Lipinski definition) is 3. The van der Waals surface area contributed by atoms with Gasteiger partial charge < -0.3 is 4.57 Å². The Balaban J connectivity index is 1.32. The third-order valence-electron chi connectivity index (χ3n) is 7.69. The number of nitrogens with zero attached hydrogens (tertiary/aromatic N) is 3. The summed E-state index contributed by atoms with van der Waals surface area (Å²) >= 11 is 1.88. The maximum atomic E-state index is 9.10. The van der Waals surface area contributed by atoms with Crippen LogP contribution >= 0.6 is 11.3 Å². The van der Waals surface area contributed by atoms with Crippen LogP contribution in [0.2, 0.25) is 0 Å². The van der Waals surface area contributed by atoms with Crippen molar-refractivity contribution >= 4 is 53.3 Å². The lowest BCUT2D eigenvalue weighted by Crippen LogP contribution is -1.94. The van der Waals surface area contributed by atoms with Crippen molar-refractivity contribution < 1.29 is 0 Å². The summed E-state index contributed by atoms with van der Waals surface area (Å²) in [6.07, 6.45) is 1.76. The number of thiophene rings is 1. The minimum absolute atomic E-state index is 0.423. The van der Waals surface area contributed by atoms with Crippen molar-refractivity contribution in [3.63, 3.8) is 0 Å². The molecule has 0 unspecified atom stereocenters. The Morgan fingerprint density at radius 3 is 2.17 bits per heavy atom. The number of rotatable bonds is 3. The van der Waals surface area contributed by atoms with Gasteiger partial charge in [0, 0.05) is 48.4 Å². The van der Waals surface area contributed by atoms with Gasteiger partial charge in [-0.05, 0) is 65.2 Å². The molecule has 0 aliphatic carbocycles. The van der Waals surface area contributed by atoms with Gasteiger partial charge in [0.05, 0.1) is 11.0 Å². The average molecular weight is 528 g/mol. The normalized spacial score (nSPS) is 11.5. The Labute approximate surface area is 234 Å². The Kier molecular flexibility index (Phi) is 5.06. The molecule has 0 spiro atoms. The van der Waals surface area contributed by atoms with E-state index in [1.165, 1.54) is 42.0 Å². The highest BCUT2D eigenvalue weighted by Crippen LogP contribution is 2.43. The fourth-order valence-corrected chi connectivity index (χ4v) is 7.11. The van der Waals surface area contributed by atoms with E-state index >= 15 is 0 Å². The Hall–Kier alpha value is -5.24. The van der Waals surface area contributed by atoms with Gasteiger partial charge in [0.25, 0.3) is 0 Å². The highest BCUT2D eigenvalue weighted by atomic mass is 32.1. The molecule has 0 fully saturated rings. The number of fused-ring (bicyclic) bond motifs is 7. The predicted molar refractivity (Wildman–Crippen MR) is 167 cm³/mol. The zero-order valence-corrected chi connectivity index (χ0v) is 22.2. The highest BCUT2D eigenvalue weighted by Gasteiger charge is 2.17. The zero-order valence-electron chi connectivity index (χ0n) is 21.4. The van der Waals surface area contributed by atoms with Gasteiger partial charge in [-0.3, -0.25) is 0 Å². The quantitative estimate of drug-likeness (QED) is 0.229. The van der Waals surface area contributed by atoms with E-state index in [2.05, 4.69) is 125 Å². The summed E-state index contributed by atoms with van der Waals surface area (Å²) in [5, 5.41) is 14.3. The van der Waals surface area contributed by atoms with E-state index in [-0.39, 0.29) is 0 Å². The summed E-state index contributed by atoms with van der Waals surface area (Å²) in [7, 11) is 0. The van der Waals surface area contributed by atoms with E-state index in [0.717, 1.165) is 27.9 Å². The molecule has 0 aliphatic heterocycles. The zero-order chi connectivity index (χ0) is 26.6. The lowest BCUT2D eigenvalue weighted by molar-refractivity contribution is 1.18. The molecule has 0 saturated heterocycles. The molecule has 40 heavy (non-hydrogen) atoms. The largest absolute Gasteiger partial charge is 0.309 e. The molecule has 4 heteroatoms. The molecule has 3 nitrogen and oxygen atoms in total. The van der Waals surface area contributed by atoms with Gasteiger partial charge in [-0.1, -0.05) is 72.8 Å². The number of aromatic nitrogens is 2. The fraction of sp³-hybridized carbons (Fsp3) is 0. The molecule has 0 amide bonds. The average Bonchev–Trinajstić information content (AvgIpc) is 3.57. The molecule has 5 aromatic carbocycles. The second-order valence-corrected chi connectivity index (χ2v) is 11.0. The molecule has 3 aromatic heterocycles. The number of benzene rings is 5. The molecule has 186 valence electrons. The van der Waals surface area contributed by atoms with E-state index < -0.39 is 0 Å². The monoisotopic (exact) mass is 527 g/mol. The van der Waals surface area contributed by atoms with E-state index in [1.807, 2.05) is 17.4 Å². The van der Waals surface area contributed by atoms with Crippen molar-refractivity contribution in [2.75, 3.05) is 0 Å². The van der Waals surface area contributed by atoms with Gasteiger partial charge in [-0.2, -0.15) is 5.26 Å². The summed E-state index contributed by atoms with van der Waals surface area (Å²) in [6, 6.07) is 45.1. The number of pyridine rings is 1. The smallest absolute Gasteiger partial charge is 0.140 e. The number of nitriles is 1. The molecular weight excluding hydrogens is 506 g/mol. The van der Waals surface area contributed by atoms with Crippen LogP contribution in [0.5, 0.6) is 0 Å². The molecule has 0 radical (unpaired) electrons. The van der Waals surface area contributed by atoms with Crippen LogP contribution in [-0.2, 0) is 0 Å². The van der Waals surface area contributed by atoms with Gasteiger partial charge in [0.2, 0.25) is 0 Å². The molecule has 8 aromatic rings. The van der Waals surface area contributed by atoms with Crippen LogP contribution in [0.3, 0.4) is 0 Å². The Bertz CT molecular complexity index is 2280. The summed E-state index contributed by atoms with van der Waals surface area (Å²) in [6.45, 7) is 0. The van der Waals surface area contributed by atoms with Crippen LogP contribution in [0.4, 0.5) is 0 Å². The van der Waals surface area contributed by atoms with Crippen LogP contribution in [0.1, 0.15) is 5.69 Å². The van der Waals surface area contributed by atoms with Gasteiger partial charge in [-0.15, -0.1) is 11.3 Å². The first-order valence-corrected chi connectivity index (χ1v) is 14.0. The second kappa shape index (κ2) is 8.91. The molecule has 0 atom stereocenters. The van der Waals surface area contributed by atoms with Crippen LogP contribution in [0.15, 0.2) is 128 Å². The van der Waals surface area contributed by atoms with Gasteiger partial charge >= 0.3 is 0 Å². The van der Waals surface area contributed by atoms with Gasteiger partial charge in [-0.25, -0.2) is 4.98 Å².